The van der Waals surface area contributed by atoms with E-state index in [0.29, 0.717) is 42.2 Å². The number of aromatic nitrogens is 2. The Kier molecular flexibility index (Phi) is 5.50. The number of piperidine rings is 1. The summed E-state index contributed by atoms with van der Waals surface area (Å²) in [6, 6.07) is 7.20. The van der Waals surface area contributed by atoms with Crippen molar-refractivity contribution in [3.63, 3.8) is 0 Å². The number of hydrogen-bond acceptors (Lipinski definition) is 5. The number of sulfonamides is 1. The zero-order valence-corrected chi connectivity index (χ0v) is 18.0. The molecule has 8 nitrogen and oxygen atoms in total. The molecular formula is C21H26N4O4S. The highest BCUT2D eigenvalue weighted by Crippen LogP contribution is 2.31. The molecule has 0 radical (unpaired) electrons. The minimum Gasteiger partial charge on any atom is -0.328 e. The number of aryl methyl sites for hydroxylation is 1. The smallest absolute Gasteiger partial charge is 0.255 e. The Labute approximate surface area is 176 Å². The SMILES string of the molecule is Cc1ccccc1C(=O)N1CCCC[C@H]1c1nc2c(c(=O)[nH]1)CN(S(C)(=O)=O)CC2. The molecule has 1 amide bonds. The Morgan fingerprint density at radius 1 is 1.20 bits per heavy atom. The average molecular weight is 431 g/mol. The number of fused-ring (bicyclic) bond motifs is 1. The number of rotatable bonds is 3. The van der Waals surface area contributed by atoms with E-state index in [0.717, 1.165) is 31.1 Å². The highest BCUT2D eigenvalue weighted by molar-refractivity contribution is 7.88. The second kappa shape index (κ2) is 7.96. The van der Waals surface area contributed by atoms with Gasteiger partial charge in [0.2, 0.25) is 10.0 Å². The summed E-state index contributed by atoms with van der Waals surface area (Å²) >= 11 is 0. The second-order valence-electron chi connectivity index (χ2n) is 8.05. The van der Waals surface area contributed by atoms with E-state index in [2.05, 4.69) is 4.98 Å². The van der Waals surface area contributed by atoms with Crippen molar-refractivity contribution in [1.82, 2.24) is 19.2 Å². The average Bonchev–Trinajstić information content (AvgIpc) is 2.72. The number of aromatic amines is 1. The molecule has 1 aromatic carbocycles. The Balaban J connectivity index is 1.67. The first kappa shape index (κ1) is 20.7. The molecule has 0 bridgehead atoms. The van der Waals surface area contributed by atoms with Gasteiger partial charge in [-0.15, -0.1) is 0 Å². The summed E-state index contributed by atoms with van der Waals surface area (Å²) in [5.74, 6) is 0.439. The number of amides is 1. The third-order valence-corrected chi connectivity index (χ3v) is 7.23. The van der Waals surface area contributed by atoms with Crippen LogP contribution in [0.5, 0.6) is 0 Å². The number of carbonyl (C=O) groups is 1. The monoisotopic (exact) mass is 430 g/mol. The van der Waals surface area contributed by atoms with Gasteiger partial charge in [0, 0.05) is 31.6 Å². The van der Waals surface area contributed by atoms with Crippen LogP contribution in [0.1, 0.15) is 58.3 Å². The fourth-order valence-corrected chi connectivity index (χ4v) is 5.07. The van der Waals surface area contributed by atoms with Crippen LogP contribution in [-0.2, 0) is 23.0 Å². The van der Waals surface area contributed by atoms with Gasteiger partial charge in [0.1, 0.15) is 5.82 Å². The maximum absolute atomic E-state index is 13.3. The first-order valence-corrected chi connectivity index (χ1v) is 12.0. The van der Waals surface area contributed by atoms with Gasteiger partial charge >= 0.3 is 0 Å². The molecule has 0 unspecified atom stereocenters. The van der Waals surface area contributed by atoms with Gasteiger partial charge in [-0.2, -0.15) is 4.31 Å². The number of nitrogens with one attached hydrogen (secondary N) is 1. The van der Waals surface area contributed by atoms with Gasteiger partial charge in [-0.1, -0.05) is 18.2 Å². The van der Waals surface area contributed by atoms with Crippen molar-refractivity contribution in [2.75, 3.05) is 19.3 Å². The van der Waals surface area contributed by atoms with E-state index in [1.807, 2.05) is 36.1 Å². The summed E-state index contributed by atoms with van der Waals surface area (Å²) < 4.78 is 25.0. The zero-order chi connectivity index (χ0) is 21.5. The van der Waals surface area contributed by atoms with Crippen LogP contribution in [0.3, 0.4) is 0 Å². The normalized spacial score (nSPS) is 20.1. The van der Waals surface area contributed by atoms with Gasteiger partial charge in [0.05, 0.1) is 23.6 Å². The summed E-state index contributed by atoms with van der Waals surface area (Å²) in [5.41, 5.74) is 2.27. The topological polar surface area (TPSA) is 103 Å². The highest BCUT2D eigenvalue weighted by Gasteiger charge is 2.33. The lowest BCUT2D eigenvalue weighted by Crippen LogP contribution is -2.42. The molecule has 1 saturated heterocycles. The van der Waals surface area contributed by atoms with Crippen molar-refractivity contribution < 1.29 is 13.2 Å². The third kappa shape index (κ3) is 3.91. The minimum absolute atomic E-state index is 0.0350. The zero-order valence-electron chi connectivity index (χ0n) is 17.2. The summed E-state index contributed by atoms with van der Waals surface area (Å²) in [4.78, 5) is 35.4. The second-order valence-corrected chi connectivity index (χ2v) is 10.0. The summed E-state index contributed by atoms with van der Waals surface area (Å²) in [5, 5.41) is 0. The van der Waals surface area contributed by atoms with Crippen molar-refractivity contribution in [2.45, 2.75) is 45.2 Å². The van der Waals surface area contributed by atoms with Gasteiger partial charge in [0.15, 0.2) is 0 Å². The van der Waals surface area contributed by atoms with E-state index in [9.17, 15) is 18.0 Å². The van der Waals surface area contributed by atoms with Gasteiger partial charge in [-0.3, -0.25) is 9.59 Å². The Morgan fingerprint density at radius 3 is 2.70 bits per heavy atom. The van der Waals surface area contributed by atoms with Crippen LogP contribution in [0.4, 0.5) is 0 Å². The van der Waals surface area contributed by atoms with E-state index < -0.39 is 10.0 Å². The molecule has 2 aromatic rings. The van der Waals surface area contributed by atoms with Crippen LogP contribution in [0.15, 0.2) is 29.1 Å². The molecule has 30 heavy (non-hydrogen) atoms. The van der Waals surface area contributed by atoms with Crippen molar-refractivity contribution in [3.8, 4) is 0 Å². The lowest BCUT2D eigenvalue weighted by atomic mass is 9.98. The van der Waals surface area contributed by atoms with Crippen molar-refractivity contribution in [1.29, 1.82) is 0 Å². The standard InChI is InChI=1S/C21H26N4O4S/c1-14-7-3-4-8-15(14)21(27)25-11-6-5-9-18(25)19-22-17-10-12-24(30(2,28)29)13-16(17)20(26)23-19/h3-4,7-8,18H,5-6,9-13H2,1-2H3,(H,22,23,26)/t18-/m0/s1. The lowest BCUT2D eigenvalue weighted by Gasteiger charge is -2.36. The fourth-order valence-electron chi connectivity index (χ4n) is 4.29. The van der Waals surface area contributed by atoms with Crippen LogP contribution in [0, 0.1) is 6.92 Å². The van der Waals surface area contributed by atoms with Crippen molar-refractivity contribution in [2.24, 2.45) is 0 Å². The Bertz CT molecular complexity index is 1140. The molecule has 4 rings (SSSR count). The molecule has 1 N–H and O–H groups in total. The summed E-state index contributed by atoms with van der Waals surface area (Å²) in [6.07, 6.45) is 4.12. The predicted molar refractivity (Wildman–Crippen MR) is 113 cm³/mol. The number of H-pyrrole nitrogens is 1. The molecule has 160 valence electrons. The number of carbonyl (C=O) groups excluding carboxylic acids is 1. The van der Waals surface area contributed by atoms with Gasteiger partial charge in [-0.05, 0) is 37.8 Å². The molecule has 2 aliphatic heterocycles. The summed E-state index contributed by atoms with van der Waals surface area (Å²) in [7, 11) is -3.37. The molecule has 2 aliphatic rings. The number of hydrogen-bond donors (Lipinski definition) is 1. The molecule has 9 heteroatoms. The van der Waals surface area contributed by atoms with Crippen molar-refractivity contribution >= 4 is 15.9 Å². The lowest BCUT2D eigenvalue weighted by molar-refractivity contribution is 0.0598. The van der Waals surface area contributed by atoms with E-state index in [1.165, 1.54) is 4.31 Å². The van der Waals surface area contributed by atoms with Crippen LogP contribution in [0.25, 0.3) is 0 Å². The molecule has 0 aliphatic carbocycles. The quantitative estimate of drug-likeness (QED) is 0.799. The first-order valence-electron chi connectivity index (χ1n) is 10.2. The molecule has 3 heterocycles. The van der Waals surface area contributed by atoms with Crippen LogP contribution >= 0.6 is 0 Å². The number of benzene rings is 1. The number of likely N-dealkylation sites (tertiary alicyclic amines) is 1. The van der Waals surface area contributed by atoms with Crippen LogP contribution < -0.4 is 5.56 Å². The van der Waals surface area contributed by atoms with E-state index >= 15 is 0 Å². The van der Waals surface area contributed by atoms with Crippen molar-refractivity contribution in [3.05, 3.63) is 62.8 Å². The van der Waals surface area contributed by atoms with Gasteiger partial charge < -0.3 is 9.88 Å². The molecule has 0 spiro atoms. The summed E-state index contributed by atoms with van der Waals surface area (Å²) in [6.45, 7) is 2.87. The van der Waals surface area contributed by atoms with E-state index in [1.54, 1.807) is 0 Å². The molecule has 1 fully saturated rings. The fraction of sp³-hybridized carbons (Fsp3) is 0.476. The maximum Gasteiger partial charge on any atom is 0.255 e. The number of nitrogens with zero attached hydrogens (tertiary/aromatic N) is 3. The Morgan fingerprint density at radius 2 is 1.97 bits per heavy atom. The Hall–Kier alpha value is -2.52. The minimum atomic E-state index is -3.37. The first-order chi connectivity index (χ1) is 14.3. The molecule has 0 saturated carbocycles. The van der Waals surface area contributed by atoms with E-state index in [-0.39, 0.29) is 24.1 Å². The van der Waals surface area contributed by atoms with Gasteiger partial charge in [0.25, 0.3) is 11.5 Å². The van der Waals surface area contributed by atoms with Crippen LogP contribution in [-0.4, -0.2) is 52.8 Å². The molecule has 1 atom stereocenters. The largest absolute Gasteiger partial charge is 0.328 e. The van der Waals surface area contributed by atoms with E-state index in [4.69, 9.17) is 4.98 Å². The third-order valence-electron chi connectivity index (χ3n) is 5.98. The highest BCUT2D eigenvalue weighted by atomic mass is 32.2. The van der Waals surface area contributed by atoms with Crippen LogP contribution in [0.2, 0.25) is 0 Å². The van der Waals surface area contributed by atoms with Gasteiger partial charge in [-0.25, -0.2) is 13.4 Å². The molecule has 1 aromatic heterocycles. The molecular weight excluding hydrogens is 404 g/mol. The maximum atomic E-state index is 13.3. The predicted octanol–water partition coefficient (Wildman–Crippen LogP) is 1.76.